The van der Waals surface area contributed by atoms with E-state index in [1.165, 1.54) is 46.4 Å². The molecule has 0 atom stereocenters. The zero-order chi connectivity index (χ0) is 27.7. The molecule has 1 N–H and O–H groups in total. The van der Waals surface area contributed by atoms with Crippen LogP contribution in [0.3, 0.4) is 0 Å². The van der Waals surface area contributed by atoms with Crippen LogP contribution in [0.25, 0.3) is 22.7 Å². The van der Waals surface area contributed by atoms with E-state index in [0.29, 0.717) is 5.41 Å². The van der Waals surface area contributed by atoms with Crippen LogP contribution >= 0.6 is 11.6 Å². The Morgan fingerprint density at radius 2 is 1.82 bits per heavy atom. The van der Waals surface area contributed by atoms with E-state index in [1.54, 1.807) is 5.57 Å². The van der Waals surface area contributed by atoms with E-state index in [4.69, 9.17) is 11.6 Å². The summed E-state index contributed by atoms with van der Waals surface area (Å²) in [5, 5.41) is 1.96. The van der Waals surface area contributed by atoms with Gasteiger partial charge in [0.05, 0.1) is 0 Å². The van der Waals surface area contributed by atoms with Gasteiger partial charge in [-0.15, -0.1) is 0 Å². The Hall–Kier alpha value is -3.34. The Kier molecular flexibility index (Phi) is 7.57. The average molecular weight is 551 g/mol. The van der Waals surface area contributed by atoms with Gasteiger partial charge in [0.2, 0.25) is 0 Å². The van der Waals surface area contributed by atoms with Crippen molar-refractivity contribution in [3.63, 3.8) is 0 Å². The topological polar surface area (TPSA) is 35.2 Å². The number of nitrogens with one attached hydrogen (secondary N) is 1. The molecule has 3 heterocycles. The second-order valence-electron chi connectivity index (χ2n) is 12.2. The molecule has 40 heavy (non-hydrogen) atoms. The number of benzene rings is 2. The number of allylic oxidation sites excluding steroid dienone is 1. The maximum Gasteiger partial charge on any atom is 0.137 e. The van der Waals surface area contributed by atoms with Gasteiger partial charge in [-0.25, -0.2) is 4.98 Å². The maximum atomic E-state index is 6.20. The number of H-pyrrole nitrogens is 1. The standard InChI is InChI=1S/C35H39ClN4/c1-4-26-7-10-32(21-29(26)20-25-19-28-12-14-37-34(28)38-23-25)40-17-15-39(16-18-40)24-30-22-35(2,3)13-11-33(30)27-5-8-31(36)9-6-27/h4-10,12,14,19,21,23H,1,11,13,15-18,20,22,24H2,2-3H3,(H,37,38). The van der Waals surface area contributed by atoms with Crippen molar-refractivity contribution in [3.05, 3.63) is 106 Å². The number of halogens is 1. The number of fused-ring (bicyclic) bond motifs is 1. The largest absolute Gasteiger partial charge is 0.369 e. The number of anilines is 1. The third kappa shape index (κ3) is 5.89. The van der Waals surface area contributed by atoms with Crippen LogP contribution in [-0.2, 0) is 6.42 Å². The molecule has 2 aromatic carbocycles. The molecule has 0 spiro atoms. The minimum atomic E-state index is 0.359. The highest BCUT2D eigenvalue weighted by Gasteiger charge is 2.29. The molecule has 4 nitrogen and oxygen atoms in total. The molecular formula is C35H39ClN4. The number of aromatic nitrogens is 2. The molecule has 206 valence electrons. The molecule has 6 rings (SSSR count). The molecule has 2 aliphatic rings. The maximum absolute atomic E-state index is 6.20. The van der Waals surface area contributed by atoms with Crippen molar-refractivity contribution >= 4 is 40.0 Å². The predicted octanol–water partition coefficient (Wildman–Crippen LogP) is 8.24. The minimum Gasteiger partial charge on any atom is -0.369 e. The number of rotatable bonds is 7. The molecular weight excluding hydrogens is 512 g/mol. The average Bonchev–Trinajstić information content (AvgIpc) is 3.42. The molecule has 1 aliphatic carbocycles. The van der Waals surface area contributed by atoms with E-state index in [-0.39, 0.29) is 0 Å². The summed E-state index contributed by atoms with van der Waals surface area (Å²) in [6.07, 6.45) is 10.3. The summed E-state index contributed by atoms with van der Waals surface area (Å²) < 4.78 is 0. The molecule has 0 unspecified atom stereocenters. The van der Waals surface area contributed by atoms with Crippen LogP contribution in [0.4, 0.5) is 5.69 Å². The van der Waals surface area contributed by atoms with Crippen LogP contribution in [0.1, 0.15) is 55.4 Å². The Bertz CT molecular complexity index is 1540. The van der Waals surface area contributed by atoms with Gasteiger partial charge in [0.1, 0.15) is 5.65 Å². The third-order valence-corrected chi connectivity index (χ3v) is 8.96. The van der Waals surface area contributed by atoms with Crippen LogP contribution < -0.4 is 4.90 Å². The Balaban J connectivity index is 1.16. The molecule has 0 bridgehead atoms. The SMILES string of the molecule is C=Cc1ccc(N2CCN(CC3=C(c4ccc(Cl)cc4)CCC(C)(C)C3)CC2)cc1Cc1cnc2[nH]ccc2c1. The highest BCUT2D eigenvalue weighted by atomic mass is 35.5. The van der Waals surface area contributed by atoms with E-state index in [9.17, 15) is 0 Å². The summed E-state index contributed by atoms with van der Waals surface area (Å²) in [6.45, 7) is 14.2. The summed E-state index contributed by atoms with van der Waals surface area (Å²) in [5.74, 6) is 0. The van der Waals surface area contributed by atoms with Crippen molar-refractivity contribution in [2.24, 2.45) is 5.41 Å². The Labute approximate surface area is 243 Å². The summed E-state index contributed by atoms with van der Waals surface area (Å²) >= 11 is 6.20. The first kappa shape index (κ1) is 26.9. The third-order valence-electron chi connectivity index (χ3n) is 8.71. The number of nitrogens with zero attached hydrogens (tertiary/aromatic N) is 3. The normalized spacial score (nSPS) is 17.9. The van der Waals surface area contributed by atoms with Gasteiger partial charge in [-0.3, -0.25) is 4.90 Å². The molecule has 1 saturated heterocycles. The summed E-state index contributed by atoms with van der Waals surface area (Å²) in [6, 6.07) is 19.6. The van der Waals surface area contributed by atoms with E-state index in [1.807, 2.05) is 30.6 Å². The Morgan fingerprint density at radius 1 is 1.02 bits per heavy atom. The molecule has 1 aliphatic heterocycles. The highest BCUT2D eigenvalue weighted by Crippen LogP contribution is 2.43. The van der Waals surface area contributed by atoms with Gasteiger partial charge in [0, 0.05) is 61.2 Å². The monoisotopic (exact) mass is 550 g/mol. The lowest BCUT2D eigenvalue weighted by molar-refractivity contribution is 0.256. The first-order valence-corrected chi connectivity index (χ1v) is 14.9. The Morgan fingerprint density at radius 3 is 2.60 bits per heavy atom. The zero-order valence-corrected chi connectivity index (χ0v) is 24.5. The van der Waals surface area contributed by atoms with Crippen LogP contribution in [0.2, 0.25) is 5.02 Å². The number of piperazine rings is 1. The fourth-order valence-corrected chi connectivity index (χ4v) is 6.57. The highest BCUT2D eigenvalue weighted by molar-refractivity contribution is 6.30. The van der Waals surface area contributed by atoms with Gasteiger partial charge >= 0.3 is 0 Å². The second-order valence-corrected chi connectivity index (χ2v) is 12.7. The van der Waals surface area contributed by atoms with Gasteiger partial charge in [-0.1, -0.05) is 61.9 Å². The van der Waals surface area contributed by atoms with Crippen molar-refractivity contribution in [3.8, 4) is 0 Å². The molecule has 2 aromatic heterocycles. The summed E-state index contributed by atoms with van der Waals surface area (Å²) in [7, 11) is 0. The number of hydrogen-bond acceptors (Lipinski definition) is 3. The lowest BCUT2D eigenvalue weighted by Crippen LogP contribution is -2.47. The van der Waals surface area contributed by atoms with Gasteiger partial charge in [0.25, 0.3) is 0 Å². The number of pyridine rings is 1. The van der Waals surface area contributed by atoms with E-state index in [0.717, 1.165) is 61.6 Å². The summed E-state index contributed by atoms with van der Waals surface area (Å²) in [5.41, 5.74) is 10.8. The van der Waals surface area contributed by atoms with Crippen molar-refractivity contribution in [2.45, 2.75) is 39.5 Å². The van der Waals surface area contributed by atoms with Gasteiger partial charge in [-0.2, -0.15) is 0 Å². The molecule has 5 heteroatoms. The lowest BCUT2D eigenvalue weighted by Gasteiger charge is -2.40. The molecule has 0 amide bonds. The predicted molar refractivity (Wildman–Crippen MR) is 170 cm³/mol. The quantitative estimate of drug-likeness (QED) is 0.252. The van der Waals surface area contributed by atoms with Gasteiger partial charge in [0.15, 0.2) is 0 Å². The van der Waals surface area contributed by atoms with E-state index < -0.39 is 0 Å². The van der Waals surface area contributed by atoms with E-state index in [2.05, 4.69) is 82.7 Å². The van der Waals surface area contributed by atoms with Crippen LogP contribution in [0.5, 0.6) is 0 Å². The second kappa shape index (κ2) is 11.3. The van der Waals surface area contributed by atoms with Crippen LogP contribution in [-0.4, -0.2) is 47.6 Å². The summed E-state index contributed by atoms with van der Waals surface area (Å²) in [4.78, 5) is 13.0. The minimum absolute atomic E-state index is 0.359. The smallest absolute Gasteiger partial charge is 0.137 e. The fourth-order valence-electron chi connectivity index (χ4n) is 6.44. The lowest BCUT2D eigenvalue weighted by atomic mass is 9.73. The molecule has 0 saturated carbocycles. The van der Waals surface area contributed by atoms with Crippen molar-refractivity contribution in [1.29, 1.82) is 0 Å². The molecule has 4 aromatic rings. The first-order valence-electron chi connectivity index (χ1n) is 14.5. The first-order chi connectivity index (χ1) is 19.4. The number of hydrogen-bond donors (Lipinski definition) is 1. The number of aromatic amines is 1. The van der Waals surface area contributed by atoms with Crippen molar-refractivity contribution in [1.82, 2.24) is 14.9 Å². The zero-order valence-electron chi connectivity index (χ0n) is 23.7. The van der Waals surface area contributed by atoms with Crippen LogP contribution in [0, 0.1) is 5.41 Å². The van der Waals surface area contributed by atoms with Crippen molar-refractivity contribution < 1.29 is 0 Å². The van der Waals surface area contributed by atoms with Crippen LogP contribution in [0.15, 0.2) is 79.1 Å². The fraction of sp³-hybridized carbons (Fsp3) is 0.343. The van der Waals surface area contributed by atoms with Crippen molar-refractivity contribution in [2.75, 3.05) is 37.6 Å². The van der Waals surface area contributed by atoms with Gasteiger partial charge in [-0.05, 0) is 95.3 Å². The molecule has 1 fully saturated rings. The molecule has 0 radical (unpaired) electrons. The van der Waals surface area contributed by atoms with E-state index >= 15 is 0 Å². The van der Waals surface area contributed by atoms with Gasteiger partial charge < -0.3 is 9.88 Å².